The molecule has 120 valence electrons. The van der Waals surface area contributed by atoms with Gasteiger partial charge in [-0.25, -0.2) is 0 Å². The van der Waals surface area contributed by atoms with Crippen LogP contribution in [-0.2, 0) is 0 Å². The van der Waals surface area contributed by atoms with Gasteiger partial charge in [0.2, 0.25) is 0 Å². The van der Waals surface area contributed by atoms with Gasteiger partial charge in [-0.2, -0.15) is 0 Å². The van der Waals surface area contributed by atoms with Crippen molar-refractivity contribution < 1.29 is 0 Å². The van der Waals surface area contributed by atoms with E-state index in [1.807, 2.05) is 0 Å². The largest absolute Gasteiger partial charge is 0.316 e. The van der Waals surface area contributed by atoms with Gasteiger partial charge in [-0.1, -0.05) is 6.42 Å². The smallest absolute Gasteiger partial charge is 0.000664 e. The highest BCUT2D eigenvalue weighted by Gasteiger charge is 2.47. The zero-order valence-electron chi connectivity index (χ0n) is 13.7. The zero-order chi connectivity index (χ0) is 14.1. The van der Waals surface area contributed by atoms with Gasteiger partial charge < -0.3 is 10.2 Å². The molecule has 4 saturated carbocycles. The van der Waals surface area contributed by atoms with Crippen LogP contribution in [0.15, 0.2) is 0 Å². The Balaban J connectivity index is 1.14. The Morgan fingerprint density at radius 1 is 0.810 bits per heavy atom. The Morgan fingerprint density at radius 3 is 2.14 bits per heavy atom. The molecule has 0 radical (unpaired) electrons. The first-order valence-corrected chi connectivity index (χ1v) is 9.81. The average molecular weight is 290 g/mol. The summed E-state index contributed by atoms with van der Waals surface area (Å²) in [6.45, 7) is 6.62. The molecule has 4 bridgehead atoms. The quantitative estimate of drug-likeness (QED) is 0.753. The maximum Gasteiger partial charge on any atom is -0.000664 e. The molecular weight excluding hydrogens is 256 g/mol. The van der Waals surface area contributed by atoms with Crippen molar-refractivity contribution in [1.82, 2.24) is 10.2 Å². The lowest BCUT2D eigenvalue weighted by Gasteiger charge is -2.54. The topological polar surface area (TPSA) is 15.3 Å². The predicted octanol–water partition coefficient (Wildman–Crippen LogP) is 3.52. The van der Waals surface area contributed by atoms with Crippen molar-refractivity contribution in [3.63, 3.8) is 0 Å². The first-order valence-electron chi connectivity index (χ1n) is 9.81. The van der Waals surface area contributed by atoms with Crippen molar-refractivity contribution in [3.8, 4) is 0 Å². The predicted molar refractivity (Wildman–Crippen MR) is 88.3 cm³/mol. The zero-order valence-corrected chi connectivity index (χ0v) is 13.7. The van der Waals surface area contributed by atoms with Crippen molar-refractivity contribution in [1.29, 1.82) is 0 Å². The van der Waals surface area contributed by atoms with Crippen LogP contribution in [0.4, 0.5) is 0 Å². The molecule has 1 aliphatic heterocycles. The molecule has 0 atom stereocenters. The highest BCUT2D eigenvalue weighted by molar-refractivity contribution is 4.98. The number of nitrogens with zero attached hydrogens (tertiary/aromatic N) is 1. The molecule has 0 aromatic rings. The van der Waals surface area contributed by atoms with Gasteiger partial charge in [0.1, 0.15) is 0 Å². The molecule has 2 nitrogen and oxygen atoms in total. The van der Waals surface area contributed by atoms with Gasteiger partial charge in [0.25, 0.3) is 0 Å². The van der Waals surface area contributed by atoms with Crippen LogP contribution in [0.5, 0.6) is 0 Å². The second kappa shape index (κ2) is 6.58. The lowest BCUT2D eigenvalue weighted by atomic mass is 9.52. The summed E-state index contributed by atoms with van der Waals surface area (Å²) in [6, 6.07) is 0. The summed E-state index contributed by atoms with van der Waals surface area (Å²) in [5.74, 6) is 5.48. The van der Waals surface area contributed by atoms with Crippen molar-refractivity contribution in [2.24, 2.45) is 29.6 Å². The summed E-state index contributed by atoms with van der Waals surface area (Å²) in [4.78, 5) is 2.67. The third-order valence-electron chi connectivity index (χ3n) is 7.08. The number of piperidine rings is 1. The summed E-state index contributed by atoms with van der Waals surface area (Å²) in [5.41, 5.74) is 0. The molecule has 0 amide bonds. The van der Waals surface area contributed by atoms with Crippen LogP contribution >= 0.6 is 0 Å². The number of nitrogens with one attached hydrogen (secondary N) is 1. The lowest BCUT2D eigenvalue weighted by Crippen LogP contribution is -2.48. The molecule has 2 heteroatoms. The molecule has 1 saturated heterocycles. The molecule has 21 heavy (non-hydrogen) atoms. The summed E-state index contributed by atoms with van der Waals surface area (Å²) in [5, 5.41) is 3.83. The van der Waals surface area contributed by atoms with Crippen LogP contribution in [0.3, 0.4) is 0 Å². The van der Waals surface area contributed by atoms with E-state index in [4.69, 9.17) is 0 Å². The lowest BCUT2D eigenvalue weighted by molar-refractivity contribution is -0.0354. The standard InChI is InChI=1S/C19H34N2/c1-2-6-21(7-3-1)8-4-5-20-14-19-17-10-15-9-16(12-17)13-18(19)11-15/h15-20H,1-14H2. The average Bonchev–Trinajstić information content (AvgIpc) is 2.50. The van der Waals surface area contributed by atoms with Gasteiger partial charge in [0, 0.05) is 0 Å². The van der Waals surface area contributed by atoms with Crippen molar-refractivity contribution >= 4 is 0 Å². The maximum atomic E-state index is 3.83. The van der Waals surface area contributed by atoms with E-state index in [1.165, 1.54) is 58.4 Å². The number of rotatable bonds is 6. The number of hydrogen-bond donors (Lipinski definition) is 1. The first kappa shape index (κ1) is 14.5. The third-order valence-corrected chi connectivity index (χ3v) is 7.08. The molecule has 0 aromatic heterocycles. The summed E-state index contributed by atoms with van der Waals surface area (Å²) in [6.07, 6.45) is 13.6. The SMILES string of the molecule is C1CCN(CCCNCC2C3CC4CC(C3)CC2C4)CC1. The fourth-order valence-electron chi connectivity index (χ4n) is 6.25. The first-order chi connectivity index (χ1) is 10.4. The van der Waals surface area contributed by atoms with E-state index in [2.05, 4.69) is 10.2 Å². The van der Waals surface area contributed by atoms with E-state index in [0.717, 1.165) is 29.6 Å². The van der Waals surface area contributed by atoms with Crippen molar-refractivity contribution in [2.45, 2.75) is 57.8 Å². The summed E-state index contributed by atoms with van der Waals surface area (Å²) < 4.78 is 0. The molecule has 1 N–H and O–H groups in total. The second-order valence-electron chi connectivity index (χ2n) is 8.55. The summed E-state index contributed by atoms with van der Waals surface area (Å²) in [7, 11) is 0. The molecule has 0 unspecified atom stereocenters. The minimum Gasteiger partial charge on any atom is -0.316 e. The monoisotopic (exact) mass is 290 g/mol. The Hall–Kier alpha value is -0.0800. The second-order valence-corrected chi connectivity index (χ2v) is 8.55. The van der Waals surface area contributed by atoms with Crippen LogP contribution in [-0.4, -0.2) is 37.6 Å². The number of hydrogen-bond acceptors (Lipinski definition) is 2. The Morgan fingerprint density at radius 2 is 1.48 bits per heavy atom. The van der Waals surface area contributed by atoms with Gasteiger partial charge in [0.15, 0.2) is 0 Å². The van der Waals surface area contributed by atoms with Crippen LogP contribution in [0.2, 0.25) is 0 Å². The Labute approximate surface area is 131 Å². The molecule has 5 fully saturated rings. The molecular formula is C19H34N2. The highest BCUT2D eigenvalue weighted by atomic mass is 15.1. The van der Waals surface area contributed by atoms with Gasteiger partial charge in [-0.3, -0.25) is 0 Å². The molecule has 5 aliphatic rings. The normalized spacial score (nSPS) is 42.6. The molecule has 5 rings (SSSR count). The minimum atomic E-state index is 1.03. The highest BCUT2D eigenvalue weighted by Crippen LogP contribution is 2.56. The fraction of sp³-hybridized carbons (Fsp3) is 1.00. The van der Waals surface area contributed by atoms with E-state index < -0.39 is 0 Å². The van der Waals surface area contributed by atoms with Gasteiger partial charge in [-0.15, -0.1) is 0 Å². The van der Waals surface area contributed by atoms with Crippen LogP contribution in [0.1, 0.15) is 57.8 Å². The van der Waals surface area contributed by atoms with E-state index in [-0.39, 0.29) is 0 Å². The minimum absolute atomic E-state index is 1.03. The van der Waals surface area contributed by atoms with Gasteiger partial charge in [-0.05, 0) is 114 Å². The number of likely N-dealkylation sites (tertiary alicyclic amines) is 1. The molecule has 0 aromatic carbocycles. The molecule has 4 aliphatic carbocycles. The van der Waals surface area contributed by atoms with Gasteiger partial charge in [0.05, 0.1) is 0 Å². The van der Waals surface area contributed by atoms with Crippen LogP contribution < -0.4 is 5.32 Å². The third kappa shape index (κ3) is 3.32. The fourth-order valence-corrected chi connectivity index (χ4v) is 6.25. The maximum absolute atomic E-state index is 3.83. The molecule has 0 spiro atoms. The summed E-state index contributed by atoms with van der Waals surface area (Å²) >= 11 is 0. The van der Waals surface area contributed by atoms with E-state index in [0.29, 0.717) is 0 Å². The van der Waals surface area contributed by atoms with Gasteiger partial charge >= 0.3 is 0 Å². The Bertz CT molecular complexity index is 306. The van der Waals surface area contributed by atoms with E-state index in [1.54, 1.807) is 32.1 Å². The van der Waals surface area contributed by atoms with Crippen molar-refractivity contribution in [3.05, 3.63) is 0 Å². The van der Waals surface area contributed by atoms with Crippen LogP contribution in [0.25, 0.3) is 0 Å². The van der Waals surface area contributed by atoms with E-state index in [9.17, 15) is 0 Å². The van der Waals surface area contributed by atoms with Crippen molar-refractivity contribution in [2.75, 3.05) is 32.7 Å². The Kier molecular flexibility index (Phi) is 4.55. The van der Waals surface area contributed by atoms with Crippen LogP contribution in [0, 0.1) is 29.6 Å². The molecule has 1 heterocycles. The van der Waals surface area contributed by atoms with E-state index >= 15 is 0 Å².